The molecule has 4 nitrogen and oxygen atoms in total. The molecule has 6 aromatic carbocycles. The zero-order chi connectivity index (χ0) is 31.7. The Morgan fingerprint density at radius 1 is 0.326 bits per heavy atom. The second-order valence-corrected chi connectivity index (χ2v) is 15.5. The monoisotopic (exact) mass is 640 g/mol. The Morgan fingerprint density at radius 2 is 0.500 bits per heavy atom. The standard InChI is InChI=1S/C40H32O4S2/c41-39(43-45(33-19-7-1-8-20-33,34-21-9-2-10-22-34)35-23-11-3-12-24-35)31-32-40(42)44-46(36-25-13-4-14-26-36,37-27-15-5-16-28-37)38-29-17-6-18-30-38/h1-32H. The van der Waals surface area contributed by atoms with Crippen LogP contribution < -0.4 is 0 Å². The molecule has 0 aromatic heterocycles. The molecule has 46 heavy (non-hydrogen) atoms. The average molecular weight is 641 g/mol. The first-order valence-corrected chi connectivity index (χ1v) is 17.9. The van der Waals surface area contributed by atoms with Crippen molar-refractivity contribution in [3.05, 3.63) is 194 Å². The van der Waals surface area contributed by atoms with E-state index in [9.17, 15) is 9.59 Å². The molecule has 0 saturated carbocycles. The molecule has 0 aliphatic heterocycles. The summed E-state index contributed by atoms with van der Waals surface area (Å²) in [6.07, 6.45) is 2.34. The van der Waals surface area contributed by atoms with Crippen LogP contribution in [0.25, 0.3) is 0 Å². The van der Waals surface area contributed by atoms with Gasteiger partial charge in [-0.15, -0.1) is 0 Å². The fourth-order valence-electron chi connectivity index (χ4n) is 5.22. The molecule has 6 rings (SSSR count). The van der Waals surface area contributed by atoms with Crippen LogP contribution in [0.2, 0.25) is 0 Å². The summed E-state index contributed by atoms with van der Waals surface area (Å²) >= 11 is 0. The highest BCUT2D eigenvalue weighted by atomic mass is 32.3. The number of carbonyl (C=O) groups excluding carboxylic acids is 2. The van der Waals surface area contributed by atoms with Gasteiger partial charge in [0, 0.05) is 41.5 Å². The largest absolute Gasteiger partial charge is 0.399 e. The minimum absolute atomic E-state index is 0.650. The molecule has 0 fully saturated rings. The SMILES string of the molecule is O=C(C=CC(=O)OS(c1ccccc1)(c1ccccc1)c1ccccc1)OS(c1ccccc1)(c1ccccc1)c1ccccc1. The van der Waals surface area contributed by atoms with E-state index in [-0.39, 0.29) is 0 Å². The summed E-state index contributed by atoms with van der Waals surface area (Å²) in [6.45, 7) is 0. The van der Waals surface area contributed by atoms with Crippen LogP contribution in [0.15, 0.2) is 224 Å². The molecule has 228 valence electrons. The second kappa shape index (κ2) is 14.2. The van der Waals surface area contributed by atoms with E-state index in [0.29, 0.717) is 0 Å². The van der Waals surface area contributed by atoms with Crippen LogP contribution in [0, 0.1) is 0 Å². The van der Waals surface area contributed by atoms with Crippen LogP contribution in [0.3, 0.4) is 0 Å². The summed E-state index contributed by atoms with van der Waals surface area (Å²) in [5, 5.41) is 0. The molecule has 0 bridgehead atoms. The predicted molar refractivity (Wildman–Crippen MR) is 185 cm³/mol. The Hall–Kier alpha value is -5.30. The zero-order valence-electron chi connectivity index (χ0n) is 24.9. The highest BCUT2D eigenvalue weighted by Gasteiger charge is 2.36. The fraction of sp³-hybridized carbons (Fsp3) is 0. The van der Waals surface area contributed by atoms with E-state index < -0.39 is 32.6 Å². The van der Waals surface area contributed by atoms with Crippen LogP contribution in [-0.4, -0.2) is 11.9 Å². The lowest BCUT2D eigenvalue weighted by molar-refractivity contribution is -0.130. The summed E-state index contributed by atoms with van der Waals surface area (Å²) in [5.41, 5.74) is 0. The van der Waals surface area contributed by atoms with E-state index in [0.717, 1.165) is 29.4 Å². The molecule has 0 saturated heterocycles. The van der Waals surface area contributed by atoms with Crippen LogP contribution in [0.1, 0.15) is 0 Å². The lowest BCUT2D eigenvalue weighted by Gasteiger charge is -2.39. The second-order valence-electron chi connectivity index (χ2n) is 10.1. The van der Waals surface area contributed by atoms with Gasteiger partial charge in [0.15, 0.2) is 0 Å². The highest BCUT2D eigenvalue weighted by Crippen LogP contribution is 2.70. The molecule has 0 amide bonds. The molecule has 0 aliphatic rings. The molecule has 0 N–H and O–H groups in total. The third-order valence-corrected chi connectivity index (χ3v) is 13.7. The van der Waals surface area contributed by atoms with Gasteiger partial charge >= 0.3 is 11.9 Å². The topological polar surface area (TPSA) is 52.6 Å². The van der Waals surface area contributed by atoms with Crippen molar-refractivity contribution in [2.75, 3.05) is 0 Å². The van der Waals surface area contributed by atoms with Gasteiger partial charge in [0.2, 0.25) is 0 Å². The van der Waals surface area contributed by atoms with Gasteiger partial charge in [-0.1, -0.05) is 109 Å². The van der Waals surface area contributed by atoms with Crippen molar-refractivity contribution in [2.45, 2.75) is 29.4 Å². The highest BCUT2D eigenvalue weighted by molar-refractivity contribution is 8.30. The minimum Gasteiger partial charge on any atom is -0.399 e. The summed E-state index contributed by atoms with van der Waals surface area (Å²) in [5.74, 6) is -1.30. The molecular weight excluding hydrogens is 609 g/mol. The zero-order valence-corrected chi connectivity index (χ0v) is 26.6. The predicted octanol–water partition coefficient (Wildman–Crippen LogP) is 10.4. The van der Waals surface area contributed by atoms with Gasteiger partial charge in [0.05, 0.1) is 0 Å². The maximum atomic E-state index is 13.8. The molecule has 0 aliphatic carbocycles. The van der Waals surface area contributed by atoms with Crippen molar-refractivity contribution in [3.8, 4) is 0 Å². The fourth-order valence-corrected chi connectivity index (χ4v) is 11.3. The first-order valence-electron chi connectivity index (χ1n) is 14.7. The maximum absolute atomic E-state index is 13.8. The van der Waals surface area contributed by atoms with Crippen molar-refractivity contribution in [1.29, 1.82) is 0 Å². The smallest absolute Gasteiger partial charge is 0.342 e. The van der Waals surface area contributed by atoms with E-state index >= 15 is 0 Å². The Kier molecular flexibility index (Phi) is 9.48. The van der Waals surface area contributed by atoms with Gasteiger partial charge in [0.1, 0.15) is 0 Å². The molecule has 6 heteroatoms. The Labute approximate surface area is 273 Å². The summed E-state index contributed by atoms with van der Waals surface area (Å²) in [7, 11) is -4.98. The lowest BCUT2D eigenvalue weighted by Crippen LogP contribution is -2.14. The number of hydrogen-bond donors (Lipinski definition) is 0. The maximum Gasteiger partial charge on any atom is 0.342 e. The third-order valence-electron chi connectivity index (χ3n) is 7.22. The van der Waals surface area contributed by atoms with E-state index in [1.54, 1.807) is 0 Å². The molecule has 0 spiro atoms. The van der Waals surface area contributed by atoms with Crippen molar-refractivity contribution < 1.29 is 18.0 Å². The van der Waals surface area contributed by atoms with Crippen LogP contribution in [0.4, 0.5) is 0 Å². The third kappa shape index (κ3) is 6.26. The van der Waals surface area contributed by atoms with Crippen LogP contribution >= 0.6 is 20.6 Å². The Balaban J connectivity index is 1.38. The first-order chi connectivity index (χ1) is 22.6. The van der Waals surface area contributed by atoms with Crippen molar-refractivity contribution in [3.63, 3.8) is 0 Å². The van der Waals surface area contributed by atoms with Gasteiger partial charge in [-0.05, 0) is 93.4 Å². The van der Waals surface area contributed by atoms with Crippen LogP contribution in [-0.2, 0) is 18.0 Å². The van der Waals surface area contributed by atoms with E-state index in [1.807, 2.05) is 182 Å². The average Bonchev–Trinajstić information content (AvgIpc) is 3.14. The molecular formula is C40H32O4S2. The Bertz CT molecular complexity index is 1560. The van der Waals surface area contributed by atoms with Crippen molar-refractivity contribution in [1.82, 2.24) is 0 Å². The number of rotatable bonds is 10. The lowest BCUT2D eigenvalue weighted by atomic mass is 10.4. The number of benzene rings is 6. The van der Waals surface area contributed by atoms with Gasteiger partial charge in [-0.25, -0.2) is 9.59 Å². The van der Waals surface area contributed by atoms with Gasteiger partial charge in [-0.3, -0.25) is 0 Å². The molecule has 0 atom stereocenters. The molecule has 0 radical (unpaired) electrons. The summed E-state index contributed by atoms with van der Waals surface area (Å²) < 4.78 is 13.0. The van der Waals surface area contributed by atoms with E-state index in [1.165, 1.54) is 12.2 Å². The van der Waals surface area contributed by atoms with Gasteiger partial charge < -0.3 is 8.37 Å². The number of hydrogen-bond acceptors (Lipinski definition) is 4. The van der Waals surface area contributed by atoms with Gasteiger partial charge in [-0.2, -0.15) is 0 Å². The Morgan fingerprint density at radius 3 is 0.674 bits per heavy atom. The number of carbonyl (C=O) groups is 2. The quantitative estimate of drug-likeness (QED) is 0.140. The van der Waals surface area contributed by atoms with E-state index in [4.69, 9.17) is 8.37 Å². The molecule has 6 aromatic rings. The summed E-state index contributed by atoms with van der Waals surface area (Å²) in [4.78, 5) is 32.7. The first kappa shape index (κ1) is 30.7. The van der Waals surface area contributed by atoms with Crippen molar-refractivity contribution >= 4 is 32.6 Å². The van der Waals surface area contributed by atoms with Gasteiger partial charge in [0.25, 0.3) is 0 Å². The molecule has 0 unspecified atom stereocenters. The van der Waals surface area contributed by atoms with Crippen molar-refractivity contribution in [2.24, 2.45) is 0 Å². The van der Waals surface area contributed by atoms with Crippen LogP contribution in [0.5, 0.6) is 0 Å². The van der Waals surface area contributed by atoms with E-state index in [2.05, 4.69) is 0 Å². The normalized spacial score (nSPS) is 12.3. The summed E-state index contributed by atoms with van der Waals surface area (Å²) in [6, 6.07) is 58.4. The molecule has 0 heterocycles. The minimum atomic E-state index is -2.49.